The fourth-order valence-corrected chi connectivity index (χ4v) is 0.603. The third-order valence-electron chi connectivity index (χ3n) is 1.22. The maximum atomic E-state index is 4.77. The molecule has 0 aromatic heterocycles. The Kier molecular flexibility index (Phi) is 1.43. The van der Waals surface area contributed by atoms with E-state index in [-0.39, 0.29) is 5.41 Å². The van der Waals surface area contributed by atoms with E-state index in [0.29, 0.717) is 5.88 Å². The highest BCUT2D eigenvalue weighted by molar-refractivity contribution is 5.88. The molecular formula is C7H12N2O. The van der Waals surface area contributed by atoms with Crippen molar-refractivity contribution in [1.82, 2.24) is 5.32 Å². The summed E-state index contributed by atoms with van der Waals surface area (Å²) in [6.45, 7) is 9.74. The van der Waals surface area contributed by atoms with Crippen LogP contribution in [0.3, 0.4) is 0 Å². The predicted molar refractivity (Wildman–Crippen MR) is 40.3 cm³/mol. The highest BCUT2D eigenvalue weighted by Gasteiger charge is 2.24. The SMILES string of the molecule is C=C1NC(C(C)(C)C)=NO1. The Morgan fingerprint density at radius 3 is 2.30 bits per heavy atom. The van der Waals surface area contributed by atoms with Crippen molar-refractivity contribution >= 4 is 5.84 Å². The lowest BCUT2D eigenvalue weighted by molar-refractivity contribution is 0.239. The molecule has 1 rings (SSSR count). The summed E-state index contributed by atoms with van der Waals surface area (Å²) in [7, 11) is 0. The predicted octanol–water partition coefficient (Wildman–Crippen LogP) is 1.44. The van der Waals surface area contributed by atoms with E-state index in [1.807, 2.05) is 0 Å². The molecular weight excluding hydrogens is 128 g/mol. The molecule has 0 saturated heterocycles. The molecule has 1 heterocycles. The molecule has 1 aliphatic heterocycles. The molecule has 3 heteroatoms. The molecule has 0 fully saturated rings. The average molecular weight is 140 g/mol. The summed E-state index contributed by atoms with van der Waals surface area (Å²) in [6.07, 6.45) is 0. The maximum absolute atomic E-state index is 4.77. The smallest absolute Gasteiger partial charge is 0.221 e. The van der Waals surface area contributed by atoms with Crippen molar-refractivity contribution < 1.29 is 4.84 Å². The van der Waals surface area contributed by atoms with E-state index in [0.717, 1.165) is 5.84 Å². The lowest BCUT2D eigenvalue weighted by Crippen LogP contribution is -2.30. The van der Waals surface area contributed by atoms with Crippen LogP contribution in [-0.2, 0) is 4.84 Å². The van der Waals surface area contributed by atoms with Crippen LogP contribution in [0, 0.1) is 5.41 Å². The van der Waals surface area contributed by atoms with E-state index in [4.69, 9.17) is 4.84 Å². The van der Waals surface area contributed by atoms with Gasteiger partial charge in [-0.3, -0.25) is 0 Å². The molecule has 0 saturated carbocycles. The van der Waals surface area contributed by atoms with Crippen LogP contribution in [0.4, 0.5) is 0 Å². The minimum absolute atomic E-state index is 0.0133. The van der Waals surface area contributed by atoms with Gasteiger partial charge in [-0.15, -0.1) is 0 Å². The van der Waals surface area contributed by atoms with Crippen LogP contribution < -0.4 is 5.32 Å². The molecule has 0 aromatic rings. The lowest BCUT2D eigenvalue weighted by atomic mass is 9.95. The Balaban J connectivity index is 2.69. The van der Waals surface area contributed by atoms with Crippen molar-refractivity contribution in [2.45, 2.75) is 20.8 Å². The van der Waals surface area contributed by atoms with Crippen LogP contribution in [0.2, 0.25) is 0 Å². The molecule has 3 nitrogen and oxygen atoms in total. The number of nitrogens with zero attached hydrogens (tertiary/aromatic N) is 1. The first-order valence-corrected chi connectivity index (χ1v) is 3.21. The number of rotatable bonds is 0. The topological polar surface area (TPSA) is 33.6 Å². The molecule has 10 heavy (non-hydrogen) atoms. The molecule has 0 atom stereocenters. The Labute approximate surface area is 60.7 Å². The quantitative estimate of drug-likeness (QED) is 0.552. The fraction of sp³-hybridized carbons (Fsp3) is 0.571. The lowest BCUT2D eigenvalue weighted by Gasteiger charge is -2.15. The molecule has 0 amide bonds. The van der Waals surface area contributed by atoms with Gasteiger partial charge in [-0.05, 0) is 6.58 Å². The van der Waals surface area contributed by atoms with Gasteiger partial charge in [-0.1, -0.05) is 25.9 Å². The molecule has 0 spiro atoms. The van der Waals surface area contributed by atoms with Crippen LogP contribution in [0.5, 0.6) is 0 Å². The third kappa shape index (κ3) is 1.29. The highest BCUT2D eigenvalue weighted by Crippen LogP contribution is 2.18. The van der Waals surface area contributed by atoms with E-state index >= 15 is 0 Å². The molecule has 0 radical (unpaired) electrons. The van der Waals surface area contributed by atoms with Crippen LogP contribution in [0.25, 0.3) is 0 Å². The van der Waals surface area contributed by atoms with Crippen LogP contribution in [0.1, 0.15) is 20.8 Å². The molecule has 1 N–H and O–H groups in total. The zero-order valence-electron chi connectivity index (χ0n) is 6.56. The van der Waals surface area contributed by atoms with Gasteiger partial charge in [0.25, 0.3) is 0 Å². The van der Waals surface area contributed by atoms with Crippen LogP contribution in [-0.4, -0.2) is 5.84 Å². The number of hydrogen-bond donors (Lipinski definition) is 1. The molecule has 0 aromatic carbocycles. The van der Waals surface area contributed by atoms with E-state index in [1.54, 1.807) is 0 Å². The summed E-state index contributed by atoms with van der Waals surface area (Å²) in [5.41, 5.74) is 0.0133. The first kappa shape index (κ1) is 7.12. The minimum atomic E-state index is 0.0133. The number of oxime groups is 1. The van der Waals surface area contributed by atoms with Gasteiger partial charge in [-0.2, -0.15) is 0 Å². The van der Waals surface area contributed by atoms with E-state index in [1.165, 1.54) is 0 Å². The van der Waals surface area contributed by atoms with E-state index in [2.05, 4.69) is 37.8 Å². The van der Waals surface area contributed by atoms with Gasteiger partial charge in [0.15, 0.2) is 5.84 Å². The summed E-state index contributed by atoms with van der Waals surface area (Å²) in [5, 5.41) is 6.72. The standard InChI is InChI=1S/C7H12N2O/c1-5-8-6(9-10-5)7(2,3)4/h1H2,2-4H3,(H,8,9). The Morgan fingerprint density at radius 1 is 1.50 bits per heavy atom. The van der Waals surface area contributed by atoms with Gasteiger partial charge in [0.05, 0.1) is 0 Å². The van der Waals surface area contributed by atoms with Crippen molar-refractivity contribution in [2.24, 2.45) is 10.6 Å². The molecule has 0 bridgehead atoms. The van der Waals surface area contributed by atoms with Gasteiger partial charge in [0.2, 0.25) is 5.88 Å². The summed E-state index contributed by atoms with van der Waals surface area (Å²) < 4.78 is 0. The molecule has 56 valence electrons. The summed E-state index contributed by atoms with van der Waals surface area (Å²) in [5.74, 6) is 1.34. The van der Waals surface area contributed by atoms with Crippen LogP contribution in [0.15, 0.2) is 17.6 Å². The van der Waals surface area contributed by atoms with Crippen molar-refractivity contribution in [1.29, 1.82) is 0 Å². The van der Waals surface area contributed by atoms with Gasteiger partial charge in [-0.25, -0.2) is 0 Å². The van der Waals surface area contributed by atoms with Crippen molar-refractivity contribution in [3.05, 3.63) is 12.5 Å². The normalized spacial score (nSPS) is 17.9. The third-order valence-corrected chi connectivity index (χ3v) is 1.22. The number of nitrogens with one attached hydrogen (secondary N) is 1. The monoisotopic (exact) mass is 140 g/mol. The van der Waals surface area contributed by atoms with Crippen molar-refractivity contribution in [3.63, 3.8) is 0 Å². The van der Waals surface area contributed by atoms with E-state index in [9.17, 15) is 0 Å². The first-order valence-electron chi connectivity index (χ1n) is 3.21. The second-order valence-electron chi connectivity index (χ2n) is 3.33. The Bertz CT molecular complexity index is 188. The highest BCUT2D eigenvalue weighted by atomic mass is 16.7. The minimum Gasteiger partial charge on any atom is -0.337 e. The molecule has 0 aliphatic carbocycles. The second-order valence-corrected chi connectivity index (χ2v) is 3.33. The second kappa shape index (κ2) is 2.01. The fourth-order valence-electron chi connectivity index (χ4n) is 0.603. The van der Waals surface area contributed by atoms with Gasteiger partial charge >= 0.3 is 0 Å². The molecule has 1 aliphatic rings. The van der Waals surface area contributed by atoms with E-state index < -0.39 is 0 Å². The first-order chi connectivity index (χ1) is 4.50. The summed E-state index contributed by atoms with van der Waals surface area (Å²) in [6, 6.07) is 0. The summed E-state index contributed by atoms with van der Waals surface area (Å²) in [4.78, 5) is 4.77. The van der Waals surface area contributed by atoms with Gasteiger partial charge in [0, 0.05) is 5.41 Å². The van der Waals surface area contributed by atoms with Gasteiger partial charge < -0.3 is 10.2 Å². The zero-order valence-corrected chi connectivity index (χ0v) is 6.56. The average Bonchev–Trinajstić information content (AvgIpc) is 2.11. The van der Waals surface area contributed by atoms with Crippen molar-refractivity contribution in [3.8, 4) is 0 Å². The maximum Gasteiger partial charge on any atom is 0.221 e. The zero-order chi connectivity index (χ0) is 7.78. The van der Waals surface area contributed by atoms with Crippen molar-refractivity contribution in [2.75, 3.05) is 0 Å². The Morgan fingerprint density at radius 2 is 2.10 bits per heavy atom. The molecule has 0 unspecified atom stereocenters. The van der Waals surface area contributed by atoms with Gasteiger partial charge in [0.1, 0.15) is 0 Å². The number of amidine groups is 1. The van der Waals surface area contributed by atoms with Crippen LogP contribution >= 0.6 is 0 Å². The Hall–Kier alpha value is -0.990. The largest absolute Gasteiger partial charge is 0.337 e. The summed E-state index contributed by atoms with van der Waals surface area (Å²) >= 11 is 0. The number of hydrogen-bond acceptors (Lipinski definition) is 3.